The first kappa shape index (κ1) is 21.9. The standard InChI is InChI=1S/C24H21F3N6O/c1-15-13-32(14-28-15)20-10-8-16(29-23(20)34)9-11-21-30-22-18(6-4-12-33(22)31-21)17-5-2-3-7-19(17)24(25,26)27/h2-3,5,7-11,13-14,18H,4,6,12H2,1H3,(H,29,34). The Bertz CT molecular complexity index is 1430. The number of nitrogens with zero attached hydrogens (tertiary/aromatic N) is 5. The van der Waals surface area contributed by atoms with Gasteiger partial charge in [0.05, 0.1) is 17.6 Å². The van der Waals surface area contributed by atoms with Gasteiger partial charge >= 0.3 is 6.18 Å². The monoisotopic (exact) mass is 466 g/mol. The van der Waals surface area contributed by atoms with Crippen LogP contribution in [0.5, 0.6) is 0 Å². The van der Waals surface area contributed by atoms with Crippen molar-refractivity contribution < 1.29 is 13.2 Å². The van der Waals surface area contributed by atoms with E-state index in [2.05, 4.69) is 20.1 Å². The Morgan fingerprint density at radius 3 is 2.71 bits per heavy atom. The topological polar surface area (TPSA) is 81.4 Å². The van der Waals surface area contributed by atoms with Gasteiger partial charge in [-0.15, -0.1) is 0 Å². The fourth-order valence-electron chi connectivity index (χ4n) is 4.29. The first-order valence-electron chi connectivity index (χ1n) is 10.8. The number of rotatable bonds is 4. The average Bonchev–Trinajstić information content (AvgIpc) is 3.43. The van der Waals surface area contributed by atoms with Gasteiger partial charge in [0.2, 0.25) is 0 Å². The molecule has 1 N–H and O–H groups in total. The number of alkyl halides is 3. The number of halogens is 3. The lowest BCUT2D eigenvalue weighted by Gasteiger charge is -2.25. The van der Waals surface area contributed by atoms with E-state index in [9.17, 15) is 18.0 Å². The maximum Gasteiger partial charge on any atom is 0.416 e. The van der Waals surface area contributed by atoms with Crippen LogP contribution >= 0.6 is 0 Å². The number of H-pyrrole nitrogens is 1. The Morgan fingerprint density at radius 1 is 1.15 bits per heavy atom. The summed E-state index contributed by atoms with van der Waals surface area (Å²) in [4.78, 5) is 23.9. The van der Waals surface area contributed by atoms with Crippen molar-refractivity contribution in [3.8, 4) is 5.69 Å². The zero-order valence-electron chi connectivity index (χ0n) is 18.3. The Hall–Kier alpha value is -3.95. The first-order chi connectivity index (χ1) is 16.3. The lowest BCUT2D eigenvalue weighted by atomic mass is 9.88. The fraction of sp³-hybridized carbons (Fsp3) is 0.250. The van der Waals surface area contributed by atoms with E-state index < -0.39 is 17.7 Å². The molecule has 1 aliphatic heterocycles. The highest BCUT2D eigenvalue weighted by Crippen LogP contribution is 2.40. The van der Waals surface area contributed by atoms with Gasteiger partial charge in [0.15, 0.2) is 5.82 Å². The second kappa shape index (κ2) is 8.44. The molecule has 4 aromatic rings. The summed E-state index contributed by atoms with van der Waals surface area (Å²) < 4.78 is 44.0. The minimum absolute atomic E-state index is 0.216. The number of hydrogen-bond acceptors (Lipinski definition) is 4. The van der Waals surface area contributed by atoms with Crippen molar-refractivity contribution in [1.29, 1.82) is 0 Å². The lowest BCUT2D eigenvalue weighted by Crippen LogP contribution is -2.21. The number of nitrogens with one attached hydrogen (secondary N) is 1. The summed E-state index contributed by atoms with van der Waals surface area (Å²) in [6.07, 6.45) is 3.48. The molecule has 34 heavy (non-hydrogen) atoms. The summed E-state index contributed by atoms with van der Waals surface area (Å²) >= 11 is 0. The van der Waals surface area contributed by atoms with Gasteiger partial charge in [-0.25, -0.2) is 14.6 Å². The minimum atomic E-state index is -4.44. The largest absolute Gasteiger partial charge is 0.416 e. The zero-order chi connectivity index (χ0) is 23.9. The van der Waals surface area contributed by atoms with E-state index in [-0.39, 0.29) is 11.1 Å². The Labute approximate surface area is 192 Å². The molecule has 0 fully saturated rings. The predicted octanol–water partition coefficient (Wildman–Crippen LogP) is 4.58. The van der Waals surface area contributed by atoms with Gasteiger partial charge in [-0.05, 0) is 55.7 Å². The summed E-state index contributed by atoms with van der Waals surface area (Å²) in [6, 6.07) is 9.08. The van der Waals surface area contributed by atoms with Gasteiger partial charge in [-0.2, -0.15) is 18.3 Å². The average molecular weight is 466 g/mol. The van der Waals surface area contributed by atoms with Crippen LogP contribution in [0.3, 0.4) is 0 Å². The van der Waals surface area contributed by atoms with Crippen LogP contribution in [0.1, 0.15) is 52.9 Å². The Morgan fingerprint density at radius 2 is 1.97 bits per heavy atom. The van der Waals surface area contributed by atoms with Crippen LogP contribution in [0, 0.1) is 6.92 Å². The SMILES string of the molecule is Cc1cn(-c2ccc(C=Cc3nc4n(n3)CCCC4c3ccccc3C(F)(F)F)[nH]c2=O)cn1. The van der Waals surface area contributed by atoms with Crippen molar-refractivity contribution >= 4 is 12.2 Å². The number of aromatic amines is 1. The van der Waals surface area contributed by atoms with Crippen LogP contribution in [-0.2, 0) is 12.7 Å². The molecule has 0 saturated heterocycles. The molecule has 0 radical (unpaired) electrons. The number of aromatic nitrogens is 6. The Balaban J connectivity index is 1.43. The zero-order valence-corrected chi connectivity index (χ0v) is 18.3. The van der Waals surface area contributed by atoms with Gasteiger partial charge < -0.3 is 9.55 Å². The molecule has 174 valence electrons. The molecule has 0 saturated carbocycles. The smallest absolute Gasteiger partial charge is 0.321 e. The number of aryl methyl sites for hydroxylation is 2. The maximum atomic E-state index is 13.6. The Kier molecular flexibility index (Phi) is 5.43. The van der Waals surface area contributed by atoms with Crippen molar-refractivity contribution in [1.82, 2.24) is 29.3 Å². The molecule has 1 aliphatic rings. The number of fused-ring (bicyclic) bond motifs is 1. The molecule has 0 amide bonds. The van der Waals surface area contributed by atoms with E-state index in [0.29, 0.717) is 42.4 Å². The third kappa shape index (κ3) is 4.18. The van der Waals surface area contributed by atoms with E-state index in [1.54, 1.807) is 52.1 Å². The minimum Gasteiger partial charge on any atom is -0.321 e. The van der Waals surface area contributed by atoms with Crippen LogP contribution in [0.15, 0.2) is 53.7 Å². The van der Waals surface area contributed by atoms with E-state index in [0.717, 1.165) is 11.8 Å². The summed E-state index contributed by atoms with van der Waals surface area (Å²) in [6.45, 7) is 2.43. The second-order valence-electron chi connectivity index (χ2n) is 8.21. The van der Waals surface area contributed by atoms with Crippen LogP contribution in [0.25, 0.3) is 17.8 Å². The molecule has 7 nitrogen and oxygen atoms in total. The van der Waals surface area contributed by atoms with E-state index in [1.807, 2.05) is 6.92 Å². The van der Waals surface area contributed by atoms with E-state index >= 15 is 0 Å². The summed E-state index contributed by atoms with van der Waals surface area (Å²) in [5, 5.41) is 4.46. The number of benzene rings is 1. The normalized spacial score (nSPS) is 16.2. The molecule has 1 aromatic carbocycles. The lowest BCUT2D eigenvalue weighted by molar-refractivity contribution is -0.138. The molecule has 1 atom stereocenters. The third-order valence-electron chi connectivity index (χ3n) is 5.85. The molecule has 0 bridgehead atoms. The maximum absolute atomic E-state index is 13.6. The third-order valence-corrected chi connectivity index (χ3v) is 5.85. The molecule has 5 rings (SSSR count). The highest BCUT2D eigenvalue weighted by atomic mass is 19.4. The van der Waals surface area contributed by atoms with Crippen LogP contribution in [0.2, 0.25) is 0 Å². The van der Waals surface area contributed by atoms with Gasteiger partial charge in [0.1, 0.15) is 11.5 Å². The molecule has 0 spiro atoms. The van der Waals surface area contributed by atoms with E-state index in [1.165, 1.54) is 12.1 Å². The molecule has 10 heteroatoms. The predicted molar refractivity (Wildman–Crippen MR) is 120 cm³/mol. The molecule has 1 unspecified atom stereocenters. The summed E-state index contributed by atoms with van der Waals surface area (Å²) in [5.41, 5.74) is 1.10. The van der Waals surface area contributed by atoms with E-state index in [4.69, 9.17) is 0 Å². The second-order valence-corrected chi connectivity index (χ2v) is 8.21. The van der Waals surface area contributed by atoms with Gasteiger partial charge in [0, 0.05) is 24.4 Å². The van der Waals surface area contributed by atoms with Crippen molar-refractivity contribution in [2.75, 3.05) is 0 Å². The van der Waals surface area contributed by atoms with Crippen molar-refractivity contribution in [2.24, 2.45) is 0 Å². The molecule has 3 aromatic heterocycles. The van der Waals surface area contributed by atoms with Crippen LogP contribution in [0.4, 0.5) is 13.2 Å². The quantitative estimate of drug-likeness (QED) is 0.478. The summed E-state index contributed by atoms with van der Waals surface area (Å²) in [7, 11) is 0. The van der Waals surface area contributed by atoms with Crippen molar-refractivity contribution in [2.45, 2.75) is 38.4 Å². The van der Waals surface area contributed by atoms with Crippen LogP contribution in [-0.4, -0.2) is 29.3 Å². The van der Waals surface area contributed by atoms with Gasteiger partial charge in [-0.3, -0.25) is 4.79 Å². The fourth-order valence-corrected chi connectivity index (χ4v) is 4.29. The summed E-state index contributed by atoms with van der Waals surface area (Å²) in [5.74, 6) is 0.405. The molecule has 4 heterocycles. The molecular formula is C24H21F3N6O. The number of pyridine rings is 1. The van der Waals surface area contributed by atoms with Crippen molar-refractivity contribution in [3.05, 3.63) is 93.4 Å². The van der Waals surface area contributed by atoms with Gasteiger partial charge in [0.25, 0.3) is 5.56 Å². The number of imidazole rings is 1. The molecule has 0 aliphatic carbocycles. The highest BCUT2D eigenvalue weighted by molar-refractivity contribution is 5.64. The molecular weight excluding hydrogens is 445 g/mol. The van der Waals surface area contributed by atoms with Crippen molar-refractivity contribution in [3.63, 3.8) is 0 Å². The van der Waals surface area contributed by atoms with Gasteiger partial charge in [-0.1, -0.05) is 18.2 Å². The highest BCUT2D eigenvalue weighted by Gasteiger charge is 2.37. The van der Waals surface area contributed by atoms with Crippen LogP contribution < -0.4 is 5.56 Å². The number of hydrogen-bond donors (Lipinski definition) is 1. The first-order valence-corrected chi connectivity index (χ1v) is 10.8.